The molecule has 1 atom stereocenters. The smallest absolute Gasteiger partial charge is 0.321 e. The second-order valence-electron chi connectivity index (χ2n) is 3.85. The standard InChI is InChI=1S/C14H10Cl2O2S/c15-10-6-9(7-11(16)8-10)13(14(17)18)19-12-4-2-1-3-5-12/h1-8,13H,(H,17,18). The molecule has 98 valence electrons. The lowest BCUT2D eigenvalue weighted by Gasteiger charge is -2.13. The Morgan fingerprint density at radius 2 is 1.63 bits per heavy atom. The molecular weight excluding hydrogens is 303 g/mol. The predicted molar refractivity (Wildman–Crippen MR) is 79.1 cm³/mol. The number of hydrogen-bond donors (Lipinski definition) is 1. The van der Waals surface area contributed by atoms with E-state index in [1.807, 2.05) is 30.3 Å². The van der Waals surface area contributed by atoms with E-state index in [-0.39, 0.29) is 0 Å². The van der Waals surface area contributed by atoms with Crippen molar-refractivity contribution in [3.8, 4) is 0 Å². The van der Waals surface area contributed by atoms with E-state index in [0.717, 1.165) is 4.90 Å². The third kappa shape index (κ3) is 3.90. The van der Waals surface area contributed by atoms with Gasteiger partial charge in [0.25, 0.3) is 0 Å². The first kappa shape index (κ1) is 14.3. The van der Waals surface area contributed by atoms with E-state index in [0.29, 0.717) is 15.6 Å². The average molecular weight is 313 g/mol. The Balaban J connectivity index is 2.32. The topological polar surface area (TPSA) is 37.3 Å². The molecule has 19 heavy (non-hydrogen) atoms. The minimum atomic E-state index is -0.924. The van der Waals surface area contributed by atoms with Gasteiger partial charge < -0.3 is 5.11 Å². The molecule has 0 saturated carbocycles. The van der Waals surface area contributed by atoms with Gasteiger partial charge in [-0.2, -0.15) is 0 Å². The Bertz CT molecular complexity index is 567. The lowest BCUT2D eigenvalue weighted by Crippen LogP contribution is -2.07. The summed E-state index contributed by atoms with van der Waals surface area (Å²) in [4.78, 5) is 12.3. The first-order chi connectivity index (χ1) is 9.06. The lowest BCUT2D eigenvalue weighted by molar-refractivity contribution is -0.136. The van der Waals surface area contributed by atoms with E-state index in [1.54, 1.807) is 18.2 Å². The fraction of sp³-hybridized carbons (Fsp3) is 0.0714. The predicted octanol–water partition coefficient (Wildman–Crippen LogP) is 4.91. The number of carboxylic acid groups (broad SMARTS) is 1. The van der Waals surface area contributed by atoms with Crippen molar-refractivity contribution in [1.29, 1.82) is 0 Å². The third-order valence-corrected chi connectivity index (χ3v) is 4.10. The average Bonchev–Trinajstić information content (AvgIpc) is 2.35. The van der Waals surface area contributed by atoms with E-state index in [2.05, 4.69) is 0 Å². The van der Waals surface area contributed by atoms with Gasteiger partial charge in [-0.1, -0.05) is 41.4 Å². The quantitative estimate of drug-likeness (QED) is 0.815. The normalized spacial score (nSPS) is 12.1. The number of carboxylic acids is 1. The fourth-order valence-corrected chi connectivity index (χ4v) is 3.13. The number of rotatable bonds is 4. The summed E-state index contributed by atoms with van der Waals surface area (Å²) < 4.78 is 0. The maximum atomic E-state index is 11.4. The molecule has 1 unspecified atom stereocenters. The summed E-state index contributed by atoms with van der Waals surface area (Å²) in [5.41, 5.74) is 0.582. The van der Waals surface area contributed by atoms with Gasteiger partial charge in [-0.05, 0) is 35.9 Å². The van der Waals surface area contributed by atoms with Crippen molar-refractivity contribution in [3.05, 3.63) is 64.1 Å². The summed E-state index contributed by atoms with van der Waals surface area (Å²) in [7, 11) is 0. The molecule has 0 amide bonds. The second-order valence-corrected chi connectivity index (χ2v) is 5.90. The zero-order valence-electron chi connectivity index (χ0n) is 9.72. The minimum absolute atomic E-state index is 0.433. The van der Waals surface area contributed by atoms with Crippen molar-refractivity contribution in [2.75, 3.05) is 0 Å². The van der Waals surface area contributed by atoms with E-state index in [1.165, 1.54) is 11.8 Å². The van der Waals surface area contributed by atoms with Crippen LogP contribution in [0.25, 0.3) is 0 Å². The third-order valence-electron chi connectivity index (χ3n) is 2.41. The minimum Gasteiger partial charge on any atom is -0.480 e. The highest BCUT2D eigenvalue weighted by molar-refractivity contribution is 8.00. The van der Waals surface area contributed by atoms with Crippen LogP contribution in [0, 0.1) is 0 Å². The Morgan fingerprint density at radius 3 is 2.16 bits per heavy atom. The largest absolute Gasteiger partial charge is 0.480 e. The summed E-state index contributed by atoms with van der Waals surface area (Å²) in [5.74, 6) is -0.924. The molecule has 2 rings (SSSR count). The van der Waals surface area contributed by atoms with E-state index >= 15 is 0 Å². The van der Waals surface area contributed by atoms with Gasteiger partial charge in [-0.3, -0.25) is 4.79 Å². The summed E-state index contributed by atoms with van der Waals surface area (Å²) in [6.07, 6.45) is 0. The van der Waals surface area contributed by atoms with Gasteiger partial charge in [-0.25, -0.2) is 0 Å². The molecular formula is C14H10Cl2O2S. The highest BCUT2D eigenvalue weighted by atomic mass is 35.5. The zero-order valence-corrected chi connectivity index (χ0v) is 12.0. The summed E-state index contributed by atoms with van der Waals surface area (Å²) in [6.45, 7) is 0. The van der Waals surface area contributed by atoms with E-state index in [9.17, 15) is 9.90 Å². The Kier molecular flexibility index (Phi) is 4.75. The molecule has 0 spiro atoms. The summed E-state index contributed by atoms with van der Waals surface area (Å²) in [6, 6.07) is 14.2. The van der Waals surface area contributed by atoms with Gasteiger partial charge >= 0.3 is 5.97 Å². The molecule has 2 nitrogen and oxygen atoms in total. The van der Waals surface area contributed by atoms with E-state index < -0.39 is 11.2 Å². The number of benzene rings is 2. The zero-order chi connectivity index (χ0) is 13.8. The van der Waals surface area contributed by atoms with Gasteiger partial charge in [-0.15, -0.1) is 11.8 Å². The molecule has 2 aromatic rings. The molecule has 0 heterocycles. The molecule has 0 saturated heterocycles. The highest BCUT2D eigenvalue weighted by Crippen LogP contribution is 2.37. The summed E-state index contributed by atoms with van der Waals surface area (Å²) in [5, 5.41) is 9.49. The Hall–Kier alpha value is -1.16. The summed E-state index contributed by atoms with van der Waals surface area (Å²) >= 11 is 13.1. The molecule has 0 aliphatic rings. The lowest BCUT2D eigenvalue weighted by atomic mass is 10.1. The van der Waals surface area contributed by atoms with Crippen molar-refractivity contribution >= 4 is 40.9 Å². The van der Waals surface area contributed by atoms with E-state index in [4.69, 9.17) is 23.2 Å². The van der Waals surface area contributed by atoms with Gasteiger partial charge in [0.2, 0.25) is 0 Å². The van der Waals surface area contributed by atoms with Crippen LogP contribution < -0.4 is 0 Å². The molecule has 0 aromatic heterocycles. The first-order valence-corrected chi connectivity index (χ1v) is 7.10. The van der Waals surface area contributed by atoms with Crippen LogP contribution in [-0.2, 0) is 4.79 Å². The van der Waals surface area contributed by atoms with Crippen LogP contribution in [0.2, 0.25) is 10.0 Å². The van der Waals surface area contributed by atoms with Crippen LogP contribution in [0.1, 0.15) is 10.8 Å². The number of halogens is 2. The van der Waals surface area contributed by atoms with Crippen molar-refractivity contribution in [3.63, 3.8) is 0 Å². The second kappa shape index (κ2) is 6.33. The molecule has 0 bridgehead atoms. The van der Waals surface area contributed by atoms with Gasteiger partial charge in [0.1, 0.15) is 5.25 Å². The molecule has 0 aliphatic heterocycles. The monoisotopic (exact) mass is 312 g/mol. The molecule has 5 heteroatoms. The van der Waals surface area contributed by atoms with Gasteiger partial charge in [0, 0.05) is 14.9 Å². The molecule has 1 N–H and O–H groups in total. The van der Waals surface area contributed by atoms with Crippen molar-refractivity contribution in [1.82, 2.24) is 0 Å². The van der Waals surface area contributed by atoms with Crippen molar-refractivity contribution in [2.45, 2.75) is 10.1 Å². The molecule has 0 aliphatic carbocycles. The van der Waals surface area contributed by atoms with Crippen LogP contribution in [0.3, 0.4) is 0 Å². The van der Waals surface area contributed by atoms with Crippen LogP contribution >= 0.6 is 35.0 Å². The SMILES string of the molecule is O=C(O)C(Sc1ccccc1)c1cc(Cl)cc(Cl)c1. The number of aliphatic carboxylic acids is 1. The van der Waals surface area contributed by atoms with Crippen LogP contribution in [0.15, 0.2) is 53.4 Å². The van der Waals surface area contributed by atoms with Crippen molar-refractivity contribution < 1.29 is 9.90 Å². The fourth-order valence-electron chi connectivity index (χ4n) is 1.62. The first-order valence-electron chi connectivity index (χ1n) is 5.47. The maximum absolute atomic E-state index is 11.4. The molecule has 2 aromatic carbocycles. The van der Waals surface area contributed by atoms with Gasteiger partial charge in [0.15, 0.2) is 0 Å². The highest BCUT2D eigenvalue weighted by Gasteiger charge is 2.22. The Labute approximate surface area is 125 Å². The van der Waals surface area contributed by atoms with Gasteiger partial charge in [0.05, 0.1) is 0 Å². The van der Waals surface area contributed by atoms with Crippen LogP contribution in [0.4, 0.5) is 0 Å². The van der Waals surface area contributed by atoms with Crippen LogP contribution in [-0.4, -0.2) is 11.1 Å². The number of hydrogen-bond acceptors (Lipinski definition) is 2. The number of thioether (sulfide) groups is 1. The van der Waals surface area contributed by atoms with Crippen LogP contribution in [0.5, 0.6) is 0 Å². The molecule has 0 radical (unpaired) electrons. The molecule has 0 fully saturated rings. The van der Waals surface area contributed by atoms with Crippen molar-refractivity contribution in [2.24, 2.45) is 0 Å². The maximum Gasteiger partial charge on any atom is 0.321 e. The number of carbonyl (C=O) groups is 1. The Morgan fingerprint density at radius 1 is 1.05 bits per heavy atom.